The summed E-state index contributed by atoms with van der Waals surface area (Å²) in [6, 6.07) is 13.9. The minimum absolute atomic E-state index is 0.0249. The largest absolute Gasteiger partial charge is 0.497 e. The van der Waals surface area contributed by atoms with E-state index in [0.29, 0.717) is 13.1 Å². The Morgan fingerprint density at radius 2 is 2.14 bits per heavy atom. The van der Waals surface area contributed by atoms with Gasteiger partial charge < -0.3 is 15.0 Å². The number of benzene rings is 1. The van der Waals surface area contributed by atoms with Crippen molar-refractivity contribution >= 4 is 23.1 Å². The Morgan fingerprint density at radius 3 is 2.90 bits per heavy atom. The standard InChI is InChI=1S/C22H24N4O2S/c1-28-18-8-6-16(7-9-18)20-12-21(25-15-24-20)26-10-2-4-17(14-26)22(27)23-13-19-5-3-11-29-19/h3,5-9,11-12,15,17H,2,4,10,13-14H2,1H3,(H,23,27)/t17-/m0/s1. The van der Waals surface area contributed by atoms with Gasteiger partial charge in [-0.3, -0.25) is 4.79 Å². The molecule has 1 aliphatic rings. The van der Waals surface area contributed by atoms with Crippen molar-refractivity contribution in [1.82, 2.24) is 15.3 Å². The molecule has 1 N–H and O–H groups in total. The molecule has 0 saturated carbocycles. The molecular weight excluding hydrogens is 384 g/mol. The number of thiophene rings is 1. The van der Waals surface area contributed by atoms with E-state index in [0.717, 1.165) is 42.2 Å². The average molecular weight is 409 g/mol. The molecule has 1 aromatic carbocycles. The number of anilines is 1. The second-order valence-corrected chi connectivity index (χ2v) is 8.10. The van der Waals surface area contributed by atoms with Gasteiger partial charge in [-0.05, 0) is 48.6 Å². The van der Waals surface area contributed by atoms with Gasteiger partial charge >= 0.3 is 0 Å². The van der Waals surface area contributed by atoms with Gasteiger partial charge in [-0.1, -0.05) is 6.07 Å². The van der Waals surface area contributed by atoms with Crippen LogP contribution in [0.3, 0.4) is 0 Å². The highest BCUT2D eigenvalue weighted by Gasteiger charge is 2.26. The third-order valence-corrected chi connectivity index (χ3v) is 6.05. The zero-order valence-electron chi connectivity index (χ0n) is 16.4. The van der Waals surface area contributed by atoms with Gasteiger partial charge in [0.15, 0.2) is 0 Å². The van der Waals surface area contributed by atoms with Gasteiger partial charge in [0, 0.05) is 29.6 Å². The van der Waals surface area contributed by atoms with Crippen LogP contribution in [-0.4, -0.2) is 36.1 Å². The monoisotopic (exact) mass is 408 g/mol. The number of nitrogens with one attached hydrogen (secondary N) is 1. The summed E-state index contributed by atoms with van der Waals surface area (Å²) in [7, 11) is 1.65. The lowest BCUT2D eigenvalue weighted by Crippen LogP contribution is -2.43. The van der Waals surface area contributed by atoms with Gasteiger partial charge in [0.05, 0.1) is 25.3 Å². The number of carbonyl (C=O) groups excluding carboxylic acids is 1. The average Bonchev–Trinajstić information content (AvgIpc) is 3.31. The fourth-order valence-corrected chi connectivity index (χ4v) is 4.22. The Bertz CT molecular complexity index is 944. The number of aromatic nitrogens is 2. The van der Waals surface area contributed by atoms with Crippen LogP contribution in [0.15, 0.2) is 54.2 Å². The van der Waals surface area contributed by atoms with E-state index < -0.39 is 0 Å². The summed E-state index contributed by atoms with van der Waals surface area (Å²) < 4.78 is 5.22. The van der Waals surface area contributed by atoms with E-state index in [9.17, 15) is 4.79 Å². The van der Waals surface area contributed by atoms with Gasteiger partial charge in [-0.25, -0.2) is 9.97 Å². The van der Waals surface area contributed by atoms with Crippen molar-refractivity contribution in [1.29, 1.82) is 0 Å². The quantitative estimate of drug-likeness (QED) is 0.673. The summed E-state index contributed by atoms with van der Waals surface area (Å²) in [6.45, 7) is 2.17. The number of carbonyl (C=O) groups is 1. The molecule has 3 heterocycles. The Kier molecular flexibility index (Phi) is 6.05. The van der Waals surface area contributed by atoms with E-state index in [1.54, 1.807) is 24.8 Å². The maximum Gasteiger partial charge on any atom is 0.225 e. The minimum Gasteiger partial charge on any atom is -0.497 e. The number of nitrogens with zero attached hydrogens (tertiary/aromatic N) is 3. The first kappa shape index (κ1) is 19.4. The molecule has 1 aliphatic heterocycles. The Morgan fingerprint density at radius 1 is 1.28 bits per heavy atom. The van der Waals surface area contributed by atoms with Crippen molar-refractivity contribution in [2.24, 2.45) is 5.92 Å². The zero-order chi connectivity index (χ0) is 20.1. The van der Waals surface area contributed by atoms with Crippen molar-refractivity contribution in [2.45, 2.75) is 19.4 Å². The maximum atomic E-state index is 12.6. The van der Waals surface area contributed by atoms with E-state index in [4.69, 9.17) is 4.74 Å². The van der Waals surface area contributed by atoms with Gasteiger partial charge in [0.1, 0.15) is 17.9 Å². The zero-order valence-corrected chi connectivity index (χ0v) is 17.2. The van der Waals surface area contributed by atoms with Crippen LogP contribution >= 0.6 is 11.3 Å². The third kappa shape index (κ3) is 4.74. The van der Waals surface area contributed by atoms with Crippen LogP contribution in [0, 0.1) is 5.92 Å². The molecule has 1 fully saturated rings. The summed E-state index contributed by atoms with van der Waals surface area (Å²) in [4.78, 5) is 24.9. The summed E-state index contributed by atoms with van der Waals surface area (Å²) >= 11 is 1.66. The molecule has 1 saturated heterocycles. The van der Waals surface area contributed by atoms with Crippen LogP contribution in [0.4, 0.5) is 5.82 Å². The third-order valence-electron chi connectivity index (χ3n) is 5.17. The molecule has 150 valence electrons. The highest BCUT2D eigenvalue weighted by atomic mass is 32.1. The van der Waals surface area contributed by atoms with Crippen molar-refractivity contribution in [3.63, 3.8) is 0 Å². The predicted molar refractivity (Wildman–Crippen MR) is 115 cm³/mol. The first-order valence-corrected chi connectivity index (χ1v) is 10.6. The second-order valence-electron chi connectivity index (χ2n) is 7.07. The first-order chi connectivity index (χ1) is 14.2. The summed E-state index contributed by atoms with van der Waals surface area (Å²) in [5.41, 5.74) is 1.87. The van der Waals surface area contributed by atoms with Gasteiger partial charge in [0.2, 0.25) is 5.91 Å². The SMILES string of the molecule is COc1ccc(-c2cc(N3CCC[C@H](C(=O)NCc4cccs4)C3)ncn2)cc1. The summed E-state index contributed by atoms with van der Waals surface area (Å²) in [5.74, 6) is 1.77. The Hall–Kier alpha value is -2.93. The number of methoxy groups -OCH3 is 1. The van der Waals surface area contributed by atoms with E-state index in [1.165, 1.54) is 4.88 Å². The molecule has 1 amide bonds. The van der Waals surface area contributed by atoms with E-state index in [-0.39, 0.29) is 11.8 Å². The fourth-order valence-electron chi connectivity index (χ4n) is 3.57. The van der Waals surface area contributed by atoms with Gasteiger partial charge in [-0.2, -0.15) is 0 Å². The van der Waals surface area contributed by atoms with Crippen LogP contribution in [-0.2, 0) is 11.3 Å². The van der Waals surface area contributed by atoms with Crippen LogP contribution < -0.4 is 15.0 Å². The molecule has 7 heteroatoms. The van der Waals surface area contributed by atoms with Crippen molar-refractivity contribution in [3.05, 3.63) is 59.0 Å². The van der Waals surface area contributed by atoms with E-state index in [2.05, 4.69) is 20.2 Å². The minimum atomic E-state index is -0.0249. The lowest BCUT2D eigenvalue weighted by atomic mass is 9.97. The fraction of sp³-hybridized carbons (Fsp3) is 0.318. The molecule has 29 heavy (non-hydrogen) atoms. The molecule has 0 unspecified atom stereocenters. The summed E-state index contributed by atoms with van der Waals surface area (Å²) in [5, 5.41) is 5.10. The van der Waals surface area contributed by atoms with Crippen molar-refractivity contribution < 1.29 is 9.53 Å². The smallest absolute Gasteiger partial charge is 0.225 e. The highest BCUT2D eigenvalue weighted by molar-refractivity contribution is 7.09. The number of rotatable bonds is 6. The molecule has 4 rings (SSSR count). The number of hydrogen-bond acceptors (Lipinski definition) is 6. The molecule has 2 aromatic heterocycles. The topological polar surface area (TPSA) is 67.3 Å². The van der Waals surface area contributed by atoms with E-state index in [1.807, 2.05) is 47.8 Å². The maximum absolute atomic E-state index is 12.6. The first-order valence-electron chi connectivity index (χ1n) is 9.74. The molecule has 0 aliphatic carbocycles. The van der Waals surface area contributed by atoms with E-state index >= 15 is 0 Å². The number of hydrogen-bond donors (Lipinski definition) is 1. The lowest BCUT2D eigenvalue weighted by molar-refractivity contribution is -0.125. The van der Waals surface area contributed by atoms with Crippen molar-refractivity contribution in [2.75, 3.05) is 25.1 Å². The van der Waals surface area contributed by atoms with Crippen LogP contribution in [0.1, 0.15) is 17.7 Å². The molecule has 6 nitrogen and oxygen atoms in total. The summed E-state index contributed by atoms with van der Waals surface area (Å²) in [6.07, 6.45) is 3.47. The van der Waals surface area contributed by atoms with Gasteiger partial charge in [-0.15, -0.1) is 11.3 Å². The molecule has 1 atom stereocenters. The highest BCUT2D eigenvalue weighted by Crippen LogP contribution is 2.26. The second kappa shape index (κ2) is 9.05. The molecule has 3 aromatic rings. The lowest BCUT2D eigenvalue weighted by Gasteiger charge is -2.33. The van der Waals surface area contributed by atoms with Crippen molar-refractivity contribution in [3.8, 4) is 17.0 Å². The number of amides is 1. The van der Waals surface area contributed by atoms with Crippen LogP contribution in [0.25, 0.3) is 11.3 Å². The molecule has 0 spiro atoms. The Labute approximate surface area is 174 Å². The van der Waals surface area contributed by atoms with Crippen LogP contribution in [0.5, 0.6) is 5.75 Å². The predicted octanol–water partition coefficient (Wildman–Crippen LogP) is 3.75. The molecule has 0 radical (unpaired) electrons. The number of ether oxygens (including phenoxy) is 1. The normalized spacial score (nSPS) is 16.4. The van der Waals surface area contributed by atoms with Crippen LogP contribution in [0.2, 0.25) is 0 Å². The number of piperidine rings is 1. The van der Waals surface area contributed by atoms with Gasteiger partial charge in [0.25, 0.3) is 0 Å². The Balaban J connectivity index is 1.43. The molecular formula is C22H24N4O2S. The molecule has 0 bridgehead atoms.